The minimum Gasteiger partial charge on any atom is -0.480 e. The molecule has 16 N–H and O–H groups in total. The Morgan fingerprint density at radius 3 is 1.39 bits per heavy atom. The predicted octanol–water partition coefficient (Wildman–Crippen LogP) is -3.59. The SMILES string of the molecule is CC[C@H](C)[C@H](N)C(=O)N[C@@H](C)C(=O)NCC(=O)NCC(=O)N1CCC[C@H]1C(=O)N[C@@H](COC(C)(C)C)C(=O)N[C@@H](COC(C)(C)C)C(=O)NCC(=O)N[C@@H](C)C(=O)N1CCC[C@H]1C(=O)N1CCC[C@H]1C(=O)N1CCC[C@H]1C(=O)N[C@@H](COC(C)(C)C)C(=O)N[C@@H](CCCNC(=N)N)C(=O)O. The highest BCUT2D eigenvalue weighted by molar-refractivity contribution is 5.99. The predicted molar refractivity (Wildman–Crippen MR) is 362 cm³/mol. The van der Waals surface area contributed by atoms with Gasteiger partial charge in [-0.3, -0.25) is 67.7 Å². The summed E-state index contributed by atoms with van der Waals surface area (Å²) in [5, 5.41) is 42.6. The van der Waals surface area contributed by atoms with Crippen molar-refractivity contribution < 1.29 is 86.4 Å². The highest BCUT2D eigenvalue weighted by atomic mass is 16.5. The van der Waals surface area contributed by atoms with E-state index in [4.69, 9.17) is 31.1 Å². The molecule has 4 fully saturated rings. The number of carboxylic acid groups (broad SMARTS) is 1. The van der Waals surface area contributed by atoms with Crippen molar-refractivity contribution >= 4 is 88.7 Å². The fourth-order valence-corrected chi connectivity index (χ4v) is 11.5. The quantitative estimate of drug-likeness (QED) is 0.0166. The van der Waals surface area contributed by atoms with E-state index in [-0.39, 0.29) is 89.7 Å². The van der Waals surface area contributed by atoms with E-state index >= 15 is 0 Å². The summed E-state index contributed by atoms with van der Waals surface area (Å²) >= 11 is 0. The van der Waals surface area contributed by atoms with Crippen molar-refractivity contribution in [2.75, 3.05) is 72.2 Å². The minimum atomic E-state index is -1.48. The molecule has 35 heteroatoms. The molecule has 0 aromatic heterocycles. The van der Waals surface area contributed by atoms with Crippen molar-refractivity contribution in [2.45, 2.75) is 244 Å². The van der Waals surface area contributed by atoms with Gasteiger partial charge >= 0.3 is 5.97 Å². The van der Waals surface area contributed by atoms with E-state index in [0.717, 1.165) is 0 Å². The first kappa shape index (κ1) is 84.1. The molecule has 564 valence electrons. The summed E-state index contributed by atoms with van der Waals surface area (Å²) in [6.45, 7) is 19.8. The maximum absolute atomic E-state index is 14.5. The molecule has 4 heterocycles. The minimum absolute atomic E-state index is 0.0279. The van der Waals surface area contributed by atoms with Crippen LogP contribution in [0.25, 0.3) is 0 Å². The number of ether oxygens (including phenoxy) is 3. The number of rotatable bonds is 35. The summed E-state index contributed by atoms with van der Waals surface area (Å²) in [7, 11) is 0. The third-order valence-corrected chi connectivity index (χ3v) is 17.2. The van der Waals surface area contributed by atoms with Crippen LogP contribution in [-0.4, -0.2) is 269 Å². The summed E-state index contributed by atoms with van der Waals surface area (Å²) in [4.78, 5) is 196. The van der Waals surface area contributed by atoms with Gasteiger partial charge in [-0.2, -0.15) is 0 Å². The van der Waals surface area contributed by atoms with Crippen molar-refractivity contribution in [1.82, 2.24) is 72.8 Å². The van der Waals surface area contributed by atoms with E-state index in [1.54, 1.807) is 69.2 Å². The van der Waals surface area contributed by atoms with Crippen LogP contribution in [0.5, 0.6) is 0 Å². The topological polar surface area (TPSA) is 496 Å². The van der Waals surface area contributed by atoms with Gasteiger partial charge < -0.3 is 104 Å². The maximum atomic E-state index is 14.5. The maximum Gasteiger partial charge on any atom is 0.326 e. The highest BCUT2D eigenvalue weighted by Crippen LogP contribution is 2.29. The molecular formula is C65H111N17O18. The van der Waals surface area contributed by atoms with Crippen LogP contribution in [0.2, 0.25) is 0 Å². The lowest BCUT2D eigenvalue weighted by atomic mass is 9.99. The Hall–Kier alpha value is -8.31. The third-order valence-electron chi connectivity index (χ3n) is 17.2. The average molecular weight is 1420 g/mol. The number of amides is 13. The zero-order valence-corrected chi connectivity index (χ0v) is 60.3. The van der Waals surface area contributed by atoms with Gasteiger partial charge in [0.25, 0.3) is 0 Å². The Morgan fingerprint density at radius 2 is 0.910 bits per heavy atom. The second-order valence-corrected chi connectivity index (χ2v) is 28.8. The van der Waals surface area contributed by atoms with E-state index in [0.29, 0.717) is 32.1 Å². The normalized spacial score (nSPS) is 20.2. The molecule has 4 aliphatic rings. The molecule has 0 radical (unpaired) electrons. The Balaban J connectivity index is 1.37. The number of carboxylic acids is 1. The van der Waals surface area contributed by atoms with E-state index in [1.165, 1.54) is 33.4 Å². The molecule has 0 bridgehead atoms. The number of nitrogens with one attached hydrogen (secondary N) is 11. The number of hydrogen-bond donors (Lipinski definition) is 14. The molecule has 0 aliphatic carbocycles. The Bertz CT molecular complexity index is 2930. The van der Waals surface area contributed by atoms with Crippen LogP contribution >= 0.6 is 0 Å². The zero-order chi connectivity index (χ0) is 75.1. The lowest BCUT2D eigenvalue weighted by Crippen LogP contribution is -2.60. The van der Waals surface area contributed by atoms with Crippen LogP contribution in [0.4, 0.5) is 0 Å². The molecule has 100 heavy (non-hydrogen) atoms. The first-order chi connectivity index (χ1) is 46.6. The second-order valence-electron chi connectivity index (χ2n) is 28.8. The van der Waals surface area contributed by atoms with Gasteiger partial charge in [0.05, 0.1) is 62.3 Å². The summed E-state index contributed by atoms with van der Waals surface area (Å²) in [5.41, 5.74) is 8.84. The molecule has 0 aromatic carbocycles. The lowest BCUT2D eigenvalue weighted by Gasteiger charge is -2.35. The van der Waals surface area contributed by atoms with Gasteiger partial charge in [0.15, 0.2) is 5.96 Å². The number of nitrogens with two attached hydrogens (primary N) is 2. The van der Waals surface area contributed by atoms with Crippen molar-refractivity contribution in [3.63, 3.8) is 0 Å². The molecule has 0 unspecified atom stereocenters. The van der Waals surface area contributed by atoms with Crippen molar-refractivity contribution in [2.24, 2.45) is 17.4 Å². The van der Waals surface area contributed by atoms with Gasteiger partial charge in [0, 0.05) is 32.7 Å². The van der Waals surface area contributed by atoms with E-state index < -0.39 is 199 Å². The number of carbonyl (C=O) groups is 14. The molecule has 0 aromatic rings. The zero-order valence-electron chi connectivity index (χ0n) is 60.3. The van der Waals surface area contributed by atoms with Crippen molar-refractivity contribution in [3.05, 3.63) is 0 Å². The smallest absolute Gasteiger partial charge is 0.326 e. The molecule has 4 aliphatic heterocycles. The van der Waals surface area contributed by atoms with Crippen molar-refractivity contribution in [1.29, 1.82) is 5.41 Å². The second kappa shape index (κ2) is 38.5. The molecule has 4 saturated heterocycles. The number of guanidine groups is 1. The fraction of sp³-hybridized carbons (Fsp3) is 0.769. The molecule has 0 saturated carbocycles. The summed E-state index contributed by atoms with van der Waals surface area (Å²) in [5.74, 6) is -10.8. The Kier molecular flexibility index (Phi) is 32.4. The first-order valence-corrected chi connectivity index (χ1v) is 34.5. The van der Waals surface area contributed by atoms with Crippen LogP contribution in [0, 0.1) is 11.3 Å². The van der Waals surface area contributed by atoms with Gasteiger partial charge in [-0.1, -0.05) is 20.3 Å². The van der Waals surface area contributed by atoms with Gasteiger partial charge in [0.2, 0.25) is 76.8 Å². The van der Waals surface area contributed by atoms with Gasteiger partial charge in [-0.25, -0.2) is 4.79 Å². The van der Waals surface area contributed by atoms with E-state index in [2.05, 4.69) is 53.2 Å². The van der Waals surface area contributed by atoms with Crippen LogP contribution in [0.1, 0.15) is 161 Å². The molecule has 12 atom stereocenters. The van der Waals surface area contributed by atoms with Gasteiger partial charge in [-0.15, -0.1) is 0 Å². The lowest BCUT2D eigenvalue weighted by molar-refractivity contribution is -0.151. The van der Waals surface area contributed by atoms with Crippen LogP contribution in [0.3, 0.4) is 0 Å². The summed E-state index contributed by atoms with van der Waals surface area (Å²) in [6.07, 6.45) is 3.43. The van der Waals surface area contributed by atoms with Crippen LogP contribution in [0.15, 0.2) is 0 Å². The molecule has 35 nitrogen and oxygen atoms in total. The fourth-order valence-electron chi connectivity index (χ4n) is 11.5. The third kappa shape index (κ3) is 27.0. The van der Waals surface area contributed by atoms with Crippen LogP contribution in [-0.2, 0) is 81.3 Å². The van der Waals surface area contributed by atoms with E-state index in [1.807, 2.05) is 6.92 Å². The molecule has 4 rings (SSSR count). The highest BCUT2D eigenvalue weighted by Gasteiger charge is 2.47. The number of nitrogens with zero attached hydrogens (tertiary/aromatic N) is 4. The molecule has 0 spiro atoms. The standard InChI is InChI=1S/C65H111N17O18/c1-14-36(2)50(66)57(92)74-37(3)51(86)71-30-47(83)70-32-49(85)79-26-16-21-43(79)55(90)77-42(35-100-65(11,12)13)54(89)76-40(33-98-63(5,6)7)52(87)72-31-48(84)73-38(4)58(93)81-28-18-23-45(81)60(95)82-29-19-24-46(82)59(94)80-27-17-22-44(80)56(91)78-41(34-99-64(8,9)10)53(88)75-39(61(96)97)20-15-25-69-62(67)68/h36-46,50H,14-35,66H2,1-13H3,(H,70,83)(H,71,86)(H,72,87)(H,73,84)(H,74,92)(H,75,88)(H,76,89)(H,77,90)(H,78,91)(H,96,97)(H4,67,68,69)/t36-,37-,38-,39-,40-,41-,42-,43-,44-,45-,46-,50-/m0/s1. The van der Waals surface area contributed by atoms with E-state index in [9.17, 15) is 72.2 Å². The number of likely N-dealkylation sites (tertiary alicyclic amines) is 4. The monoisotopic (exact) mass is 1420 g/mol. The summed E-state index contributed by atoms with van der Waals surface area (Å²) < 4.78 is 17.7. The number of carbonyl (C=O) groups excluding carboxylic acids is 13. The summed E-state index contributed by atoms with van der Waals surface area (Å²) in [6, 6.07) is -12.9. The van der Waals surface area contributed by atoms with Gasteiger partial charge in [0.1, 0.15) is 60.4 Å². The Morgan fingerprint density at radius 1 is 0.490 bits per heavy atom. The van der Waals surface area contributed by atoms with Crippen molar-refractivity contribution in [3.8, 4) is 0 Å². The van der Waals surface area contributed by atoms with Crippen LogP contribution < -0.4 is 64.6 Å². The molecule has 13 amide bonds. The first-order valence-electron chi connectivity index (χ1n) is 34.5. The number of aliphatic carboxylic acids is 1. The largest absolute Gasteiger partial charge is 0.480 e. The Labute approximate surface area is 584 Å². The average Bonchev–Trinajstić information content (AvgIpc) is 1.67. The molecular weight excluding hydrogens is 1310 g/mol. The number of hydrogen-bond acceptors (Lipinski definition) is 19. The van der Waals surface area contributed by atoms with Gasteiger partial charge in [-0.05, 0) is 146 Å².